The van der Waals surface area contributed by atoms with Gasteiger partial charge in [-0.15, -0.1) is 11.6 Å². The molecule has 0 saturated heterocycles. The molecule has 0 saturated carbocycles. The molecule has 88 valence electrons. The van der Waals surface area contributed by atoms with Crippen LogP contribution in [0.25, 0.3) is 0 Å². The predicted octanol–water partition coefficient (Wildman–Crippen LogP) is 0.810. The zero-order chi connectivity index (χ0) is 12.3. The van der Waals surface area contributed by atoms with Gasteiger partial charge in [0.25, 0.3) is 5.69 Å². The summed E-state index contributed by atoms with van der Waals surface area (Å²) in [6, 6.07) is 4.14. The Morgan fingerprint density at radius 3 is 2.62 bits per heavy atom. The predicted molar refractivity (Wildman–Crippen MR) is 59.2 cm³/mol. The molecule has 0 bridgehead atoms. The van der Waals surface area contributed by atoms with Gasteiger partial charge in [0.15, 0.2) is 0 Å². The number of rotatable bonds is 4. The van der Waals surface area contributed by atoms with E-state index < -0.39 is 22.8 Å². The fourth-order valence-corrected chi connectivity index (χ4v) is 1.49. The summed E-state index contributed by atoms with van der Waals surface area (Å²) in [4.78, 5) is 10.1. The molecule has 0 radical (unpaired) electrons. The van der Waals surface area contributed by atoms with Crippen LogP contribution in [-0.2, 0) is 0 Å². The van der Waals surface area contributed by atoms with Crippen molar-refractivity contribution in [1.29, 1.82) is 0 Å². The standard InChI is InChI=1S/C9H11ClN2O4/c10-4-7(13)9(14)5-2-1-3-6(11)8(5)12(15)16/h1-3,7,9,13-14H,4,11H2. The Morgan fingerprint density at radius 1 is 1.50 bits per heavy atom. The molecule has 0 aliphatic heterocycles. The first-order valence-corrected chi connectivity index (χ1v) is 4.97. The van der Waals surface area contributed by atoms with Gasteiger partial charge in [0.05, 0.1) is 22.5 Å². The van der Waals surface area contributed by atoms with E-state index in [2.05, 4.69) is 0 Å². The van der Waals surface area contributed by atoms with Crippen molar-refractivity contribution < 1.29 is 15.1 Å². The highest BCUT2D eigenvalue weighted by Crippen LogP contribution is 2.32. The third kappa shape index (κ3) is 2.41. The maximum Gasteiger partial charge on any atom is 0.297 e. The van der Waals surface area contributed by atoms with Gasteiger partial charge in [-0.25, -0.2) is 0 Å². The SMILES string of the molecule is Nc1cccc(C(O)C(O)CCl)c1[N+](=O)[O-]. The summed E-state index contributed by atoms with van der Waals surface area (Å²) in [6.07, 6.45) is -2.71. The van der Waals surface area contributed by atoms with E-state index >= 15 is 0 Å². The lowest BCUT2D eigenvalue weighted by atomic mass is 10.0. The Bertz CT molecular complexity index is 399. The molecule has 6 nitrogen and oxygen atoms in total. The first-order valence-electron chi connectivity index (χ1n) is 4.44. The largest absolute Gasteiger partial charge is 0.393 e. The smallest absolute Gasteiger partial charge is 0.297 e. The second-order valence-electron chi connectivity index (χ2n) is 3.21. The zero-order valence-corrected chi connectivity index (χ0v) is 8.96. The summed E-state index contributed by atoms with van der Waals surface area (Å²) in [7, 11) is 0. The van der Waals surface area contributed by atoms with Crippen LogP contribution < -0.4 is 5.73 Å². The second kappa shape index (κ2) is 5.11. The lowest BCUT2D eigenvalue weighted by Crippen LogP contribution is -2.21. The Labute approximate surface area is 96.4 Å². The van der Waals surface area contributed by atoms with Crippen LogP contribution in [0.3, 0.4) is 0 Å². The molecule has 0 fully saturated rings. The molecule has 16 heavy (non-hydrogen) atoms. The van der Waals surface area contributed by atoms with Crippen LogP contribution in [0.1, 0.15) is 11.7 Å². The minimum atomic E-state index is -1.43. The normalized spacial score (nSPS) is 14.4. The maximum absolute atomic E-state index is 10.8. The number of alkyl halides is 1. The molecule has 0 spiro atoms. The van der Waals surface area contributed by atoms with Crippen LogP contribution in [0.15, 0.2) is 18.2 Å². The fourth-order valence-electron chi connectivity index (χ4n) is 1.32. The summed E-state index contributed by atoms with van der Waals surface area (Å²) in [6.45, 7) is 0. The molecular formula is C9H11ClN2O4. The molecule has 0 aliphatic carbocycles. The van der Waals surface area contributed by atoms with Crippen LogP contribution in [0.4, 0.5) is 11.4 Å². The van der Waals surface area contributed by atoms with Gasteiger partial charge >= 0.3 is 0 Å². The van der Waals surface area contributed by atoms with Gasteiger partial charge in [-0.1, -0.05) is 6.07 Å². The van der Waals surface area contributed by atoms with E-state index in [0.29, 0.717) is 0 Å². The van der Waals surface area contributed by atoms with Gasteiger partial charge < -0.3 is 15.9 Å². The Morgan fingerprint density at radius 2 is 2.12 bits per heavy atom. The average molecular weight is 247 g/mol. The average Bonchev–Trinajstić information content (AvgIpc) is 2.26. The number of hydrogen-bond acceptors (Lipinski definition) is 5. The van der Waals surface area contributed by atoms with Crippen LogP contribution in [0, 0.1) is 10.1 Å². The Kier molecular flexibility index (Phi) is 4.05. The van der Waals surface area contributed by atoms with Crippen LogP contribution in [0.5, 0.6) is 0 Å². The van der Waals surface area contributed by atoms with E-state index in [4.69, 9.17) is 17.3 Å². The molecule has 0 amide bonds. The number of aliphatic hydroxyl groups excluding tert-OH is 2. The van der Waals surface area contributed by atoms with Crippen molar-refractivity contribution in [2.45, 2.75) is 12.2 Å². The van der Waals surface area contributed by atoms with Gasteiger partial charge in [-0.05, 0) is 12.1 Å². The fraction of sp³-hybridized carbons (Fsp3) is 0.333. The quantitative estimate of drug-likeness (QED) is 0.315. The Hall–Kier alpha value is -1.37. The van der Waals surface area contributed by atoms with Gasteiger partial charge in [-0.3, -0.25) is 10.1 Å². The van der Waals surface area contributed by atoms with Gasteiger partial charge in [0.1, 0.15) is 11.8 Å². The third-order valence-electron chi connectivity index (χ3n) is 2.12. The molecule has 1 aromatic rings. The minimum Gasteiger partial charge on any atom is -0.393 e. The lowest BCUT2D eigenvalue weighted by Gasteiger charge is -2.16. The molecular weight excluding hydrogens is 236 g/mol. The van der Waals surface area contributed by atoms with Crippen LogP contribution in [0.2, 0.25) is 0 Å². The second-order valence-corrected chi connectivity index (χ2v) is 3.52. The number of nitrogens with zero attached hydrogens (tertiary/aromatic N) is 1. The zero-order valence-electron chi connectivity index (χ0n) is 8.21. The van der Waals surface area contributed by atoms with Crippen molar-refractivity contribution in [2.75, 3.05) is 11.6 Å². The number of nitrogens with two attached hydrogens (primary N) is 1. The minimum absolute atomic E-state index is 0.0434. The van der Waals surface area contributed by atoms with E-state index in [-0.39, 0.29) is 17.1 Å². The van der Waals surface area contributed by atoms with Crippen molar-refractivity contribution >= 4 is 23.0 Å². The van der Waals surface area contributed by atoms with E-state index in [1.165, 1.54) is 18.2 Å². The molecule has 1 aromatic carbocycles. The van der Waals surface area contributed by atoms with E-state index in [1.807, 2.05) is 0 Å². The number of nitro groups is 1. The summed E-state index contributed by atoms with van der Waals surface area (Å²) in [5.41, 5.74) is 4.92. The molecule has 0 aliphatic rings. The van der Waals surface area contributed by atoms with E-state index in [9.17, 15) is 20.3 Å². The molecule has 2 unspecified atom stereocenters. The summed E-state index contributed by atoms with van der Waals surface area (Å²) < 4.78 is 0. The number of benzene rings is 1. The number of nitro benzene ring substituents is 1. The number of hydrogen-bond donors (Lipinski definition) is 3. The summed E-state index contributed by atoms with van der Waals surface area (Å²) in [5.74, 6) is -0.229. The van der Waals surface area contributed by atoms with Crippen LogP contribution in [-0.4, -0.2) is 27.1 Å². The van der Waals surface area contributed by atoms with Crippen molar-refractivity contribution in [3.8, 4) is 0 Å². The molecule has 2 atom stereocenters. The van der Waals surface area contributed by atoms with Crippen molar-refractivity contribution in [1.82, 2.24) is 0 Å². The van der Waals surface area contributed by atoms with Gasteiger partial charge in [0.2, 0.25) is 0 Å². The highest BCUT2D eigenvalue weighted by molar-refractivity contribution is 6.18. The number of nitrogen functional groups attached to an aromatic ring is 1. The summed E-state index contributed by atoms with van der Waals surface area (Å²) in [5, 5.41) is 29.7. The first-order chi connectivity index (χ1) is 7.49. The summed E-state index contributed by atoms with van der Waals surface area (Å²) >= 11 is 5.36. The van der Waals surface area contributed by atoms with Gasteiger partial charge in [-0.2, -0.15) is 0 Å². The Balaban J connectivity index is 3.22. The highest BCUT2D eigenvalue weighted by atomic mass is 35.5. The number of halogens is 1. The first kappa shape index (κ1) is 12.7. The highest BCUT2D eigenvalue weighted by Gasteiger charge is 2.27. The molecule has 0 heterocycles. The van der Waals surface area contributed by atoms with Crippen molar-refractivity contribution in [3.63, 3.8) is 0 Å². The number of aliphatic hydroxyl groups is 2. The monoisotopic (exact) mass is 246 g/mol. The maximum atomic E-state index is 10.8. The lowest BCUT2D eigenvalue weighted by molar-refractivity contribution is -0.385. The number of anilines is 1. The van der Waals surface area contributed by atoms with Crippen molar-refractivity contribution in [2.24, 2.45) is 0 Å². The van der Waals surface area contributed by atoms with E-state index in [0.717, 1.165) is 0 Å². The van der Waals surface area contributed by atoms with Crippen LogP contribution >= 0.6 is 11.6 Å². The van der Waals surface area contributed by atoms with Crippen molar-refractivity contribution in [3.05, 3.63) is 33.9 Å². The molecule has 7 heteroatoms. The molecule has 4 N–H and O–H groups in total. The molecule has 1 rings (SSSR count). The third-order valence-corrected chi connectivity index (χ3v) is 2.44. The number of para-hydroxylation sites is 1. The molecule has 0 aromatic heterocycles. The van der Waals surface area contributed by atoms with E-state index in [1.54, 1.807) is 0 Å². The van der Waals surface area contributed by atoms with Gasteiger partial charge in [0, 0.05) is 0 Å². The topological polar surface area (TPSA) is 110 Å².